The Morgan fingerprint density at radius 2 is 1.87 bits per heavy atom. The Balaban J connectivity index is 1.63. The van der Waals surface area contributed by atoms with Gasteiger partial charge in [-0.25, -0.2) is 4.79 Å². The lowest BCUT2D eigenvalue weighted by atomic mass is 10.1. The molecule has 10 heteroatoms. The molecule has 1 aliphatic heterocycles. The van der Waals surface area contributed by atoms with E-state index < -0.39 is 42.7 Å². The van der Waals surface area contributed by atoms with E-state index in [1.165, 1.54) is 42.5 Å². The van der Waals surface area contributed by atoms with Gasteiger partial charge in [0, 0.05) is 17.5 Å². The zero-order valence-electron chi connectivity index (χ0n) is 15.8. The highest BCUT2D eigenvalue weighted by atomic mass is 19.4. The highest BCUT2D eigenvalue weighted by Crippen LogP contribution is 2.37. The monoisotopic (exact) mass is 432 g/mol. The third-order valence-electron chi connectivity index (χ3n) is 4.73. The van der Waals surface area contributed by atoms with E-state index in [1.54, 1.807) is 12.1 Å². The van der Waals surface area contributed by atoms with E-state index in [-0.39, 0.29) is 22.7 Å². The van der Waals surface area contributed by atoms with Gasteiger partial charge in [-0.1, -0.05) is 12.1 Å². The first-order valence-electron chi connectivity index (χ1n) is 9.17. The van der Waals surface area contributed by atoms with E-state index in [0.717, 1.165) is 0 Å². The highest BCUT2D eigenvalue weighted by molar-refractivity contribution is 6.05. The number of benzene rings is 2. The molecule has 0 bridgehead atoms. The Kier molecular flexibility index (Phi) is 5.14. The first-order chi connectivity index (χ1) is 14.7. The number of halogens is 3. The second kappa shape index (κ2) is 7.78. The minimum atomic E-state index is -4.84. The molecule has 0 radical (unpaired) electrons. The van der Waals surface area contributed by atoms with Gasteiger partial charge < -0.3 is 14.5 Å². The van der Waals surface area contributed by atoms with Crippen LogP contribution in [-0.4, -0.2) is 30.6 Å². The van der Waals surface area contributed by atoms with Gasteiger partial charge in [0.05, 0.1) is 17.8 Å². The standard InChI is InChI=1S/C21H15F3N2O5/c22-21(23,24)17-10-18(27)25-14-3-1-2-4-15(14)26(17)19(28)11-30-13-7-5-12-6-8-20(29)31-16(12)9-13/h1-9,17H,10-11H2,(H,25,27)/t17-/m1/s1. The number of alkyl halides is 3. The second-order valence-corrected chi connectivity index (χ2v) is 6.83. The predicted octanol–water partition coefficient (Wildman–Crippen LogP) is 3.48. The molecule has 1 aliphatic rings. The van der Waals surface area contributed by atoms with E-state index in [9.17, 15) is 27.6 Å². The molecule has 2 heterocycles. The topological polar surface area (TPSA) is 88.8 Å². The Hall–Kier alpha value is -3.82. The quantitative estimate of drug-likeness (QED) is 0.641. The molecule has 0 aliphatic carbocycles. The van der Waals surface area contributed by atoms with Gasteiger partial charge in [-0.2, -0.15) is 13.2 Å². The molecule has 1 aromatic heterocycles. The van der Waals surface area contributed by atoms with Gasteiger partial charge in [-0.05, 0) is 30.3 Å². The molecule has 0 spiro atoms. The van der Waals surface area contributed by atoms with E-state index in [2.05, 4.69) is 5.32 Å². The highest BCUT2D eigenvalue weighted by Gasteiger charge is 2.49. The maximum absolute atomic E-state index is 13.7. The van der Waals surface area contributed by atoms with Gasteiger partial charge in [0.2, 0.25) is 5.91 Å². The van der Waals surface area contributed by atoms with Crippen molar-refractivity contribution in [3.05, 3.63) is 65.0 Å². The van der Waals surface area contributed by atoms with Crippen LogP contribution in [0.5, 0.6) is 5.75 Å². The zero-order chi connectivity index (χ0) is 22.2. The van der Waals surface area contributed by atoms with Crippen molar-refractivity contribution in [3.63, 3.8) is 0 Å². The largest absolute Gasteiger partial charge is 0.484 e. The minimum absolute atomic E-state index is 0.0752. The number of fused-ring (bicyclic) bond motifs is 2. The fourth-order valence-corrected chi connectivity index (χ4v) is 3.34. The van der Waals surface area contributed by atoms with Gasteiger partial charge in [0.25, 0.3) is 5.91 Å². The van der Waals surface area contributed by atoms with Crippen LogP contribution in [0.1, 0.15) is 6.42 Å². The summed E-state index contributed by atoms with van der Waals surface area (Å²) in [5.74, 6) is -1.70. The number of carbonyl (C=O) groups excluding carboxylic acids is 2. The third-order valence-corrected chi connectivity index (χ3v) is 4.73. The van der Waals surface area contributed by atoms with E-state index in [4.69, 9.17) is 9.15 Å². The van der Waals surface area contributed by atoms with Gasteiger partial charge >= 0.3 is 11.8 Å². The predicted molar refractivity (Wildman–Crippen MR) is 105 cm³/mol. The molecule has 0 fully saturated rings. The Morgan fingerprint density at radius 3 is 2.65 bits per heavy atom. The number of nitrogens with one attached hydrogen (secondary N) is 1. The SMILES string of the molecule is O=C1C[C@H](C(F)(F)F)N(C(=O)COc2ccc3ccc(=O)oc3c2)c2ccccc2N1. The minimum Gasteiger partial charge on any atom is -0.484 e. The summed E-state index contributed by atoms with van der Waals surface area (Å²) < 4.78 is 51.6. The second-order valence-electron chi connectivity index (χ2n) is 6.83. The number of carbonyl (C=O) groups is 2. The normalized spacial score (nSPS) is 16.4. The van der Waals surface area contributed by atoms with Crippen molar-refractivity contribution >= 4 is 34.2 Å². The zero-order valence-corrected chi connectivity index (χ0v) is 15.8. The van der Waals surface area contributed by atoms with E-state index in [1.807, 2.05) is 0 Å². The maximum Gasteiger partial charge on any atom is 0.409 e. The average molecular weight is 432 g/mol. The molecule has 3 aromatic rings. The van der Waals surface area contributed by atoms with Crippen LogP contribution in [0, 0.1) is 0 Å². The van der Waals surface area contributed by atoms with Crippen molar-refractivity contribution in [1.82, 2.24) is 0 Å². The van der Waals surface area contributed by atoms with Crippen LogP contribution >= 0.6 is 0 Å². The van der Waals surface area contributed by atoms with Crippen molar-refractivity contribution in [2.75, 3.05) is 16.8 Å². The van der Waals surface area contributed by atoms with Crippen LogP contribution in [0.4, 0.5) is 24.5 Å². The molecule has 1 atom stereocenters. The van der Waals surface area contributed by atoms with Gasteiger partial charge in [-0.3, -0.25) is 14.5 Å². The molecular formula is C21H15F3N2O5. The lowest BCUT2D eigenvalue weighted by Crippen LogP contribution is -2.51. The molecule has 2 aromatic carbocycles. The fourth-order valence-electron chi connectivity index (χ4n) is 3.34. The summed E-state index contributed by atoms with van der Waals surface area (Å²) in [4.78, 5) is 36.7. The van der Waals surface area contributed by atoms with Crippen LogP contribution in [0.3, 0.4) is 0 Å². The summed E-state index contributed by atoms with van der Waals surface area (Å²) in [5, 5.41) is 3.01. The Labute approximate surface area is 173 Å². The number of amides is 2. The molecule has 160 valence electrons. The number of hydrogen-bond donors (Lipinski definition) is 1. The number of anilines is 2. The molecular weight excluding hydrogens is 417 g/mol. The van der Waals surface area contributed by atoms with Crippen molar-refractivity contribution in [2.24, 2.45) is 0 Å². The smallest absolute Gasteiger partial charge is 0.409 e. The molecule has 0 saturated carbocycles. The third kappa shape index (κ3) is 4.23. The molecule has 4 rings (SSSR count). The van der Waals surface area contributed by atoms with Crippen LogP contribution in [0.15, 0.2) is 63.8 Å². The fraction of sp³-hybridized carbons (Fsp3) is 0.190. The average Bonchev–Trinajstić information content (AvgIpc) is 2.87. The first-order valence-corrected chi connectivity index (χ1v) is 9.17. The molecule has 7 nitrogen and oxygen atoms in total. The Morgan fingerprint density at radius 1 is 1.13 bits per heavy atom. The van der Waals surface area contributed by atoms with Crippen molar-refractivity contribution in [1.29, 1.82) is 0 Å². The van der Waals surface area contributed by atoms with E-state index >= 15 is 0 Å². The number of rotatable bonds is 3. The number of hydrogen-bond acceptors (Lipinski definition) is 5. The summed E-state index contributed by atoms with van der Waals surface area (Å²) in [6, 6.07) is 10.6. The maximum atomic E-state index is 13.7. The van der Waals surface area contributed by atoms with Crippen molar-refractivity contribution < 1.29 is 31.9 Å². The van der Waals surface area contributed by atoms with Crippen LogP contribution in [0.25, 0.3) is 11.0 Å². The molecule has 2 amide bonds. The van der Waals surface area contributed by atoms with Crippen LogP contribution in [0.2, 0.25) is 0 Å². The molecule has 0 unspecified atom stereocenters. The lowest BCUT2D eigenvalue weighted by molar-refractivity contribution is -0.158. The lowest BCUT2D eigenvalue weighted by Gasteiger charge is -2.31. The first kappa shape index (κ1) is 20.5. The van der Waals surface area contributed by atoms with Crippen molar-refractivity contribution in [3.8, 4) is 5.75 Å². The van der Waals surface area contributed by atoms with E-state index in [0.29, 0.717) is 10.3 Å². The molecule has 31 heavy (non-hydrogen) atoms. The number of ether oxygens (including phenoxy) is 1. The molecule has 1 N–H and O–H groups in total. The van der Waals surface area contributed by atoms with Gasteiger partial charge in [0.15, 0.2) is 6.61 Å². The number of para-hydroxylation sites is 2. The molecule has 0 saturated heterocycles. The summed E-state index contributed by atoms with van der Waals surface area (Å²) in [6.07, 6.45) is -5.78. The van der Waals surface area contributed by atoms with Gasteiger partial charge in [-0.15, -0.1) is 0 Å². The van der Waals surface area contributed by atoms with Crippen molar-refractivity contribution in [2.45, 2.75) is 18.6 Å². The van der Waals surface area contributed by atoms with Gasteiger partial charge in [0.1, 0.15) is 17.4 Å². The summed E-state index contributed by atoms with van der Waals surface area (Å²) >= 11 is 0. The van der Waals surface area contributed by atoms with Crippen LogP contribution in [-0.2, 0) is 9.59 Å². The summed E-state index contributed by atoms with van der Waals surface area (Å²) in [5.41, 5.74) is -0.346. The number of nitrogens with zero attached hydrogens (tertiary/aromatic N) is 1. The van der Waals surface area contributed by atoms with Crippen LogP contribution < -0.4 is 20.6 Å². The summed E-state index contributed by atoms with van der Waals surface area (Å²) in [6.45, 7) is -0.725. The Bertz CT molecular complexity index is 1220. The summed E-state index contributed by atoms with van der Waals surface area (Å²) in [7, 11) is 0.